The van der Waals surface area contributed by atoms with Crippen molar-refractivity contribution in [3.8, 4) is 0 Å². The molecule has 8 heteroatoms. The number of nitrogens with one attached hydrogen (secondary N) is 3. The number of aliphatic imine (C=N–C) groups is 1. The third-order valence-corrected chi connectivity index (χ3v) is 4.35. The van der Waals surface area contributed by atoms with Crippen LogP contribution >= 0.6 is 0 Å². The van der Waals surface area contributed by atoms with Gasteiger partial charge < -0.3 is 25.4 Å². The van der Waals surface area contributed by atoms with Gasteiger partial charge in [-0.15, -0.1) is 0 Å². The summed E-state index contributed by atoms with van der Waals surface area (Å²) in [4.78, 5) is 18.7. The molecule has 1 aliphatic heterocycles. The van der Waals surface area contributed by atoms with Gasteiger partial charge in [-0.1, -0.05) is 0 Å². The van der Waals surface area contributed by atoms with Crippen LogP contribution in [-0.2, 0) is 9.47 Å². The molecule has 27 heavy (non-hydrogen) atoms. The Morgan fingerprint density at radius 2 is 1.93 bits per heavy atom. The maximum Gasteiger partial charge on any atom is 0.408 e. The second kappa shape index (κ2) is 10.7. The van der Waals surface area contributed by atoms with Crippen molar-refractivity contribution in [3.63, 3.8) is 0 Å². The molecule has 1 amide bonds. The van der Waals surface area contributed by atoms with E-state index in [1.54, 1.807) is 14.2 Å². The van der Waals surface area contributed by atoms with Crippen molar-refractivity contribution in [3.05, 3.63) is 0 Å². The molecule has 0 radical (unpaired) electrons. The highest BCUT2D eigenvalue weighted by atomic mass is 16.6. The minimum atomic E-state index is -0.513. The van der Waals surface area contributed by atoms with Crippen LogP contribution in [0.2, 0.25) is 0 Å². The van der Waals surface area contributed by atoms with E-state index < -0.39 is 17.2 Å². The van der Waals surface area contributed by atoms with E-state index in [-0.39, 0.29) is 0 Å². The molecular weight excluding hydrogens is 346 g/mol. The Morgan fingerprint density at radius 3 is 2.52 bits per heavy atom. The van der Waals surface area contributed by atoms with Crippen LogP contribution < -0.4 is 16.0 Å². The van der Waals surface area contributed by atoms with Gasteiger partial charge in [0.05, 0.1) is 12.1 Å². The number of guanidine groups is 1. The zero-order valence-electron chi connectivity index (χ0n) is 18.1. The molecule has 1 rings (SSSR count). The SMILES string of the molecule is CN=C(NCC1CCCN1CCOC)NCC(C)(C)NC(=O)OC(C)(C)C. The van der Waals surface area contributed by atoms with Crippen molar-refractivity contribution in [2.45, 2.75) is 64.6 Å². The normalized spacial score (nSPS) is 19.1. The predicted molar refractivity (Wildman–Crippen MR) is 109 cm³/mol. The summed E-state index contributed by atoms with van der Waals surface area (Å²) in [5.74, 6) is 0.729. The van der Waals surface area contributed by atoms with Crippen LogP contribution in [0.25, 0.3) is 0 Å². The Labute approximate surface area is 164 Å². The quantitative estimate of drug-likeness (QED) is 0.434. The highest BCUT2D eigenvalue weighted by Crippen LogP contribution is 2.15. The number of alkyl carbamates (subject to hydrolysis) is 1. The molecule has 1 unspecified atom stereocenters. The lowest BCUT2D eigenvalue weighted by molar-refractivity contribution is 0.0474. The third kappa shape index (κ3) is 9.81. The van der Waals surface area contributed by atoms with Crippen LogP contribution in [0.3, 0.4) is 0 Å². The molecule has 158 valence electrons. The summed E-state index contributed by atoms with van der Waals surface area (Å²) < 4.78 is 10.5. The van der Waals surface area contributed by atoms with Crippen LogP contribution in [0.15, 0.2) is 4.99 Å². The van der Waals surface area contributed by atoms with Crippen LogP contribution in [0, 0.1) is 0 Å². The fourth-order valence-corrected chi connectivity index (χ4v) is 2.99. The lowest BCUT2D eigenvalue weighted by atomic mass is 10.1. The van der Waals surface area contributed by atoms with Gasteiger partial charge in [-0.2, -0.15) is 0 Å². The van der Waals surface area contributed by atoms with E-state index in [1.807, 2.05) is 34.6 Å². The number of ether oxygens (including phenoxy) is 2. The number of nitrogens with zero attached hydrogens (tertiary/aromatic N) is 2. The summed E-state index contributed by atoms with van der Waals surface area (Å²) in [5.41, 5.74) is -0.987. The van der Waals surface area contributed by atoms with Crippen LogP contribution in [-0.4, -0.2) is 81.1 Å². The second-order valence-electron chi connectivity index (χ2n) is 8.64. The van der Waals surface area contributed by atoms with Crippen molar-refractivity contribution in [1.82, 2.24) is 20.9 Å². The van der Waals surface area contributed by atoms with Crippen molar-refractivity contribution < 1.29 is 14.3 Å². The molecule has 1 aliphatic rings. The number of hydrogen-bond acceptors (Lipinski definition) is 5. The topological polar surface area (TPSA) is 87.2 Å². The molecule has 1 heterocycles. The molecule has 0 aromatic carbocycles. The lowest BCUT2D eigenvalue weighted by Crippen LogP contribution is -2.55. The van der Waals surface area contributed by atoms with Gasteiger partial charge in [0.25, 0.3) is 0 Å². The van der Waals surface area contributed by atoms with Crippen LogP contribution in [0.4, 0.5) is 4.79 Å². The van der Waals surface area contributed by atoms with Gasteiger partial charge in [-0.05, 0) is 54.0 Å². The van der Waals surface area contributed by atoms with Crippen molar-refractivity contribution in [2.24, 2.45) is 4.99 Å². The highest BCUT2D eigenvalue weighted by molar-refractivity contribution is 5.79. The minimum absolute atomic E-state index is 0.419. The van der Waals surface area contributed by atoms with E-state index in [1.165, 1.54) is 12.8 Å². The molecule has 0 spiro atoms. The molecule has 0 aliphatic carbocycles. The standard InChI is InChI=1S/C19H39N5O3/c1-18(2,3)27-17(25)23-19(4,5)14-22-16(20-6)21-13-15-9-8-10-24(15)11-12-26-7/h15H,8-14H2,1-7H3,(H,23,25)(H2,20,21,22). The first-order chi connectivity index (χ1) is 12.6. The monoisotopic (exact) mass is 385 g/mol. The summed E-state index contributed by atoms with van der Waals surface area (Å²) in [5, 5.41) is 9.57. The molecule has 1 saturated heterocycles. The first-order valence-electron chi connectivity index (χ1n) is 9.75. The molecule has 0 aromatic rings. The first kappa shape index (κ1) is 23.5. The Morgan fingerprint density at radius 1 is 1.22 bits per heavy atom. The van der Waals surface area contributed by atoms with E-state index >= 15 is 0 Å². The van der Waals surface area contributed by atoms with Crippen molar-refractivity contribution >= 4 is 12.1 Å². The van der Waals surface area contributed by atoms with Crippen LogP contribution in [0.5, 0.6) is 0 Å². The minimum Gasteiger partial charge on any atom is -0.444 e. The number of amides is 1. The van der Waals surface area contributed by atoms with Gasteiger partial charge in [0.15, 0.2) is 5.96 Å². The number of likely N-dealkylation sites (tertiary alicyclic amines) is 1. The smallest absolute Gasteiger partial charge is 0.408 e. The lowest BCUT2D eigenvalue weighted by Gasteiger charge is -2.30. The van der Waals surface area contributed by atoms with E-state index in [4.69, 9.17) is 9.47 Å². The van der Waals surface area contributed by atoms with Crippen molar-refractivity contribution in [2.75, 3.05) is 46.9 Å². The predicted octanol–water partition coefficient (Wildman–Crippen LogP) is 1.57. The van der Waals surface area contributed by atoms with E-state index in [2.05, 4.69) is 25.8 Å². The number of methoxy groups -OCH3 is 1. The van der Waals surface area contributed by atoms with Gasteiger partial charge in [-0.25, -0.2) is 4.79 Å². The zero-order valence-corrected chi connectivity index (χ0v) is 18.1. The third-order valence-electron chi connectivity index (χ3n) is 4.35. The average molecular weight is 386 g/mol. The van der Waals surface area contributed by atoms with Gasteiger partial charge in [0.1, 0.15) is 5.60 Å². The van der Waals surface area contributed by atoms with Crippen LogP contribution in [0.1, 0.15) is 47.5 Å². The Kier molecular flexibility index (Phi) is 9.32. The molecule has 0 aromatic heterocycles. The summed E-state index contributed by atoms with van der Waals surface area (Å²) >= 11 is 0. The average Bonchev–Trinajstić information content (AvgIpc) is 2.98. The fourth-order valence-electron chi connectivity index (χ4n) is 2.99. The Bertz CT molecular complexity index is 488. The highest BCUT2D eigenvalue weighted by Gasteiger charge is 2.26. The van der Waals surface area contributed by atoms with Gasteiger partial charge >= 0.3 is 6.09 Å². The molecule has 0 bridgehead atoms. The summed E-state index contributed by atoms with van der Waals surface area (Å²) in [6, 6.07) is 0.492. The molecular formula is C19H39N5O3. The van der Waals surface area contributed by atoms with Gasteiger partial charge in [-0.3, -0.25) is 9.89 Å². The van der Waals surface area contributed by atoms with E-state index in [0.717, 1.165) is 32.2 Å². The molecule has 8 nitrogen and oxygen atoms in total. The number of hydrogen-bond donors (Lipinski definition) is 3. The molecule has 1 atom stereocenters. The Balaban J connectivity index is 2.41. The first-order valence-corrected chi connectivity index (χ1v) is 9.75. The van der Waals surface area contributed by atoms with E-state index in [0.29, 0.717) is 12.6 Å². The summed E-state index contributed by atoms with van der Waals surface area (Å²) in [6.07, 6.45) is 1.98. The fraction of sp³-hybridized carbons (Fsp3) is 0.895. The summed E-state index contributed by atoms with van der Waals surface area (Å²) in [6.45, 7) is 13.6. The maximum absolute atomic E-state index is 12.0. The number of carbonyl (C=O) groups is 1. The molecule has 3 N–H and O–H groups in total. The molecule has 0 saturated carbocycles. The second-order valence-corrected chi connectivity index (χ2v) is 8.64. The van der Waals surface area contributed by atoms with Gasteiger partial charge in [0, 0.05) is 39.8 Å². The largest absolute Gasteiger partial charge is 0.444 e. The summed E-state index contributed by atoms with van der Waals surface area (Å²) in [7, 11) is 3.49. The number of carbonyl (C=O) groups excluding carboxylic acids is 1. The van der Waals surface area contributed by atoms with Gasteiger partial charge in [0.2, 0.25) is 0 Å². The number of rotatable bonds is 8. The maximum atomic E-state index is 12.0. The van der Waals surface area contributed by atoms with E-state index in [9.17, 15) is 4.79 Å². The molecule has 1 fully saturated rings. The van der Waals surface area contributed by atoms with Crippen molar-refractivity contribution in [1.29, 1.82) is 0 Å². The Hall–Kier alpha value is -1.54. The zero-order chi connectivity index (χ0) is 20.5.